The van der Waals surface area contributed by atoms with E-state index in [0.717, 1.165) is 6.07 Å². The fraction of sp³-hybridized carbons (Fsp3) is 0.0500. The topological polar surface area (TPSA) is 50.2 Å². The van der Waals surface area contributed by atoms with Crippen molar-refractivity contribution in [3.63, 3.8) is 0 Å². The number of fused-ring (bicyclic) bond motifs is 1. The molecule has 3 rings (SSSR count). The smallest absolute Gasteiger partial charge is 0.166 e. The van der Waals surface area contributed by atoms with Crippen LogP contribution in [0.4, 0.5) is 14.6 Å². The summed E-state index contributed by atoms with van der Waals surface area (Å²) < 4.78 is 27.8. The van der Waals surface area contributed by atoms with Gasteiger partial charge in [-0.3, -0.25) is 4.99 Å². The van der Waals surface area contributed by atoms with Gasteiger partial charge < -0.3 is 5.32 Å². The largest absolute Gasteiger partial charge is 0.373 e. The predicted molar refractivity (Wildman–Crippen MR) is 107 cm³/mol. The number of nitrogens with one attached hydrogen (secondary N) is 1. The summed E-state index contributed by atoms with van der Waals surface area (Å²) in [7, 11) is 1.69. The summed E-state index contributed by atoms with van der Waals surface area (Å²) >= 11 is 6.41. The molecule has 136 valence electrons. The molecule has 0 amide bonds. The molecule has 7 heteroatoms. The molecule has 27 heavy (non-hydrogen) atoms. The summed E-state index contributed by atoms with van der Waals surface area (Å²) in [6.07, 6.45) is 3.04. The SMILES string of the molecule is C=C/C(=C\N=C)c1nc(NC)c2cc(-c3cccc(F)c3F)cc(Cl)c2n1. The Hall–Kier alpha value is -3.12. The highest BCUT2D eigenvalue weighted by molar-refractivity contribution is 6.35. The quantitative estimate of drug-likeness (QED) is 0.467. The first-order valence-corrected chi connectivity index (χ1v) is 8.30. The van der Waals surface area contributed by atoms with Crippen molar-refractivity contribution < 1.29 is 8.78 Å². The maximum absolute atomic E-state index is 14.2. The van der Waals surface area contributed by atoms with Crippen LogP contribution in [0.25, 0.3) is 27.6 Å². The highest BCUT2D eigenvalue weighted by Crippen LogP contribution is 2.35. The van der Waals surface area contributed by atoms with E-state index in [1.165, 1.54) is 18.3 Å². The number of allylic oxidation sites excluding steroid dienone is 2. The third-order valence-electron chi connectivity index (χ3n) is 3.96. The number of anilines is 1. The van der Waals surface area contributed by atoms with Crippen molar-refractivity contribution in [1.82, 2.24) is 9.97 Å². The van der Waals surface area contributed by atoms with Crippen molar-refractivity contribution in [3.05, 3.63) is 71.7 Å². The fourth-order valence-electron chi connectivity index (χ4n) is 2.69. The molecule has 1 heterocycles. The minimum absolute atomic E-state index is 0.104. The van der Waals surface area contributed by atoms with Crippen LogP contribution >= 0.6 is 11.6 Å². The van der Waals surface area contributed by atoms with Crippen LogP contribution in [0.15, 0.2) is 54.2 Å². The molecule has 0 unspecified atom stereocenters. The van der Waals surface area contributed by atoms with Gasteiger partial charge in [-0.05, 0) is 30.5 Å². The molecule has 0 atom stereocenters. The Morgan fingerprint density at radius 2 is 2.04 bits per heavy atom. The minimum Gasteiger partial charge on any atom is -0.373 e. The molecule has 0 spiro atoms. The number of rotatable bonds is 5. The Kier molecular flexibility index (Phi) is 5.28. The normalized spacial score (nSPS) is 11.5. The second-order valence-corrected chi connectivity index (χ2v) is 5.98. The summed E-state index contributed by atoms with van der Waals surface area (Å²) in [5.74, 6) is -1.03. The third kappa shape index (κ3) is 3.44. The average Bonchev–Trinajstić information content (AvgIpc) is 2.67. The van der Waals surface area contributed by atoms with Gasteiger partial charge in [0.25, 0.3) is 0 Å². The molecule has 1 aromatic heterocycles. The molecule has 2 aromatic carbocycles. The molecule has 1 N–H and O–H groups in total. The molecule has 0 saturated carbocycles. The van der Waals surface area contributed by atoms with Gasteiger partial charge in [0.15, 0.2) is 17.5 Å². The van der Waals surface area contributed by atoms with Gasteiger partial charge in [-0.1, -0.05) is 36.4 Å². The molecule has 0 aliphatic heterocycles. The number of hydrogen-bond donors (Lipinski definition) is 1. The van der Waals surface area contributed by atoms with Crippen molar-refractivity contribution in [1.29, 1.82) is 0 Å². The number of hydrogen-bond acceptors (Lipinski definition) is 4. The van der Waals surface area contributed by atoms with E-state index in [2.05, 4.69) is 33.6 Å². The zero-order valence-electron chi connectivity index (χ0n) is 14.4. The molecule has 0 aliphatic carbocycles. The number of aliphatic imine (C=N–C) groups is 1. The van der Waals surface area contributed by atoms with E-state index in [1.54, 1.807) is 25.3 Å². The molecule has 0 saturated heterocycles. The molecule has 0 bridgehead atoms. The van der Waals surface area contributed by atoms with Crippen LogP contribution in [0.3, 0.4) is 0 Å². The van der Waals surface area contributed by atoms with Crippen LogP contribution in [0, 0.1) is 11.6 Å². The first-order chi connectivity index (χ1) is 13.0. The second kappa shape index (κ2) is 7.63. The number of halogens is 3. The molecule has 3 aromatic rings. The van der Waals surface area contributed by atoms with Crippen LogP contribution in [0.5, 0.6) is 0 Å². The molecule has 0 aliphatic rings. The van der Waals surface area contributed by atoms with Gasteiger partial charge in [0.1, 0.15) is 5.82 Å². The van der Waals surface area contributed by atoms with Gasteiger partial charge in [0.05, 0.1) is 10.5 Å². The molecule has 0 fully saturated rings. The summed E-state index contributed by atoms with van der Waals surface area (Å²) in [5, 5.41) is 3.83. The maximum Gasteiger partial charge on any atom is 0.166 e. The zero-order chi connectivity index (χ0) is 19.6. The van der Waals surface area contributed by atoms with Gasteiger partial charge in [-0.25, -0.2) is 18.7 Å². The maximum atomic E-state index is 14.2. The van der Waals surface area contributed by atoms with Crippen molar-refractivity contribution in [2.24, 2.45) is 4.99 Å². The lowest BCUT2D eigenvalue weighted by atomic mass is 10.0. The van der Waals surface area contributed by atoms with Crippen LogP contribution in [-0.4, -0.2) is 23.7 Å². The van der Waals surface area contributed by atoms with Gasteiger partial charge in [0.2, 0.25) is 0 Å². The standard InChI is InChI=1S/C20H15ClF2N4/c1-4-11(10-24-2)19-26-18-14(20(25-3)27-19)8-12(9-15(18)21)13-6-5-7-16(22)17(13)23/h4-10H,1-2H2,3H3,(H,25,26,27)/b11-10+. The van der Waals surface area contributed by atoms with Crippen LogP contribution in [0.2, 0.25) is 5.02 Å². The minimum atomic E-state index is -0.939. The Morgan fingerprint density at radius 1 is 1.26 bits per heavy atom. The molecule has 4 nitrogen and oxygen atoms in total. The Morgan fingerprint density at radius 3 is 2.70 bits per heavy atom. The Labute approximate surface area is 159 Å². The first kappa shape index (κ1) is 18.7. The summed E-state index contributed by atoms with van der Waals surface area (Å²) in [5.41, 5.74) is 1.56. The average molecular weight is 385 g/mol. The first-order valence-electron chi connectivity index (χ1n) is 7.92. The van der Waals surface area contributed by atoms with E-state index in [9.17, 15) is 8.78 Å². The van der Waals surface area contributed by atoms with Gasteiger partial charge >= 0.3 is 0 Å². The van der Waals surface area contributed by atoms with Crippen LogP contribution in [-0.2, 0) is 0 Å². The van der Waals surface area contributed by atoms with Crippen molar-refractivity contribution in [2.45, 2.75) is 0 Å². The highest BCUT2D eigenvalue weighted by Gasteiger charge is 2.16. The fourth-order valence-corrected chi connectivity index (χ4v) is 2.95. The lowest BCUT2D eigenvalue weighted by molar-refractivity contribution is 0.511. The Balaban J connectivity index is 2.30. The second-order valence-electron chi connectivity index (χ2n) is 5.57. The van der Waals surface area contributed by atoms with Gasteiger partial charge in [0, 0.05) is 29.8 Å². The van der Waals surface area contributed by atoms with Crippen LogP contribution in [0.1, 0.15) is 5.82 Å². The van der Waals surface area contributed by atoms with E-state index < -0.39 is 11.6 Å². The number of aromatic nitrogens is 2. The molecular weight excluding hydrogens is 370 g/mol. The lowest BCUT2D eigenvalue weighted by Crippen LogP contribution is -2.01. The predicted octanol–water partition coefficient (Wildman–Crippen LogP) is 5.50. The molecule has 0 radical (unpaired) electrons. The summed E-state index contributed by atoms with van der Waals surface area (Å²) in [6.45, 7) is 7.14. The highest BCUT2D eigenvalue weighted by atomic mass is 35.5. The van der Waals surface area contributed by atoms with Gasteiger partial charge in [-0.2, -0.15) is 0 Å². The Bertz CT molecular complexity index is 1090. The molecular formula is C20H15ClF2N4. The monoisotopic (exact) mass is 384 g/mol. The third-order valence-corrected chi connectivity index (χ3v) is 4.25. The summed E-state index contributed by atoms with van der Waals surface area (Å²) in [4.78, 5) is 12.6. The van der Waals surface area contributed by atoms with E-state index in [4.69, 9.17) is 11.6 Å². The lowest BCUT2D eigenvalue weighted by Gasteiger charge is -2.12. The summed E-state index contributed by atoms with van der Waals surface area (Å²) in [6, 6.07) is 7.19. The van der Waals surface area contributed by atoms with Crippen molar-refractivity contribution in [2.75, 3.05) is 12.4 Å². The van der Waals surface area contributed by atoms with Crippen molar-refractivity contribution >= 4 is 40.6 Å². The van der Waals surface area contributed by atoms with E-state index in [-0.39, 0.29) is 10.6 Å². The zero-order valence-corrected chi connectivity index (χ0v) is 15.2. The van der Waals surface area contributed by atoms with Crippen molar-refractivity contribution in [3.8, 4) is 11.1 Å². The number of benzene rings is 2. The van der Waals surface area contributed by atoms with E-state index in [1.807, 2.05) is 0 Å². The van der Waals surface area contributed by atoms with E-state index >= 15 is 0 Å². The van der Waals surface area contributed by atoms with Gasteiger partial charge in [-0.15, -0.1) is 0 Å². The number of nitrogens with zero attached hydrogens (tertiary/aromatic N) is 3. The van der Waals surface area contributed by atoms with Crippen LogP contribution < -0.4 is 5.32 Å². The van der Waals surface area contributed by atoms with E-state index in [0.29, 0.717) is 33.7 Å².